The summed E-state index contributed by atoms with van der Waals surface area (Å²) < 4.78 is 0. The molecule has 3 heteroatoms. The van der Waals surface area contributed by atoms with E-state index in [-0.39, 0.29) is 5.54 Å². The minimum Gasteiger partial charge on any atom is -0.329 e. The summed E-state index contributed by atoms with van der Waals surface area (Å²) in [6.07, 6.45) is 6.62. The Morgan fingerprint density at radius 3 is 2.79 bits per heavy atom. The summed E-state index contributed by atoms with van der Waals surface area (Å²) in [5.41, 5.74) is 6.54. The molecule has 0 amide bonds. The van der Waals surface area contributed by atoms with E-state index in [1.165, 1.54) is 51.7 Å². The van der Waals surface area contributed by atoms with Crippen molar-refractivity contribution in [3.8, 4) is 0 Å². The van der Waals surface area contributed by atoms with Crippen LogP contribution in [-0.4, -0.2) is 54.1 Å². The molecule has 0 bridgehead atoms. The van der Waals surface area contributed by atoms with Crippen LogP contribution in [0, 0.1) is 5.92 Å². The second-order valence-electron chi connectivity index (χ2n) is 6.77. The third kappa shape index (κ3) is 3.14. The fourth-order valence-corrected chi connectivity index (χ4v) is 4.08. The summed E-state index contributed by atoms with van der Waals surface area (Å²) in [5.74, 6) is 0.782. The van der Waals surface area contributed by atoms with Gasteiger partial charge in [-0.1, -0.05) is 27.2 Å². The van der Waals surface area contributed by atoms with Gasteiger partial charge in [0.2, 0.25) is 0 Å². The summed E-state index contributed by atoms with van der Waals surface area (Å²) in [6.45, 7) is 12.8. The van der Waals surface area contributed by atoms with E-state index in [2.05, 4.69) is 30.6 Å². The van der Waals surface area contributed by atoms with Crippen LogP contribution in [0.1, 0.15) is 52.9 Å². The number of likely N-dealkylation sites (N-methyl/N-ethyl adjacent to an activating group) is 1. The first kappa shape index (κ1) is 15.3. The Morgan fingerprint density at radius 1 is 1.37 bits per heavy atom. The first-order chi connectivity index (χ1) is 9.15. The lowest BCUT2D eigenvalue weighted by Gasteiger charge is -2.50. The van der Waals surface area contributed by atoms with Crippen LogP contribution in [-0.2, 0) is 0 Å². The van der Waals surface area contributed by atoms with Gasteiger partial charge < -0.3 is 10.6 Å². The van der Waals surface area contributed by atoms with Gasteiger partial charge in [-0.05, 0) is 44.7 Å². The molecule has 2 aliphatic heterocycles. The molecule has 0 spiro atoms. The fourth-order valence-electron chi connectivity index (χ4n) is 4.08. The van der Waals surface area contributed by atoms with Crippen LogP contribution < -0.4 is 5.73 Å². The van der Waals surface area contributed by atoms with E-state index < -0.39 is 0 Å². The van der Waals surface area contributed by atoms with E-state index >= 15 is 0 Å². The van der Waals surface area contributed by atoms with Gasteiger partial charge in [-0.3, -0.25) is 4.90 Å². The number of rotatable bonds is 6. The number of piperidine rings is 1. The van der Waals surface area contributed by atoms with E-state index in [4.69, 9.17) is 5.73 Å². The maximum atomic E-state index is 6.25. The lowest BCUT2D eigenvalue weighted by atomic mass is 9.81. The van der Waals surface area contributed by atoms with Crippen molar-refractivity contribution < 1.29 is 0 Å². The molecule has 0 aromatic heterocycles. The molecular weight excluding hydrogens is 234 g/mol. The van der Waals surface area contributed by atoms with Gasteiger partial charge >= 0.3 is 0 Å². The molecule has 112 valence electrons. The fraction of sp³-hybridized carbons (Fsp3) is 1.00. The lowest BCUT2D eigenvalue weighted by Crippen LogP contribution is -2.61. The molecule has 3 unspecified atom stereocenters. The van der Waals surface area contributed by atoms with Crippen molar-refractivity contribution >= 4 is 0 Å². The Hall–Kier alpha value is -0.120. The van der Waals surface area contributed by atoms with Crippen LogP contribution in [0.3, 0.4) is 0 Å². The summed E-state index contributed by atoms with van der Waals surface area (Å²) in [6, 6.07) is 0.809. The highest BCUT2D eigenvalue weighted by Crippen LogP contribution is 2.36. The Morgan fingerprint density at radius 2 is 2.16 bits per heavy atom. The van der Waals surface area contributed by atoms with Crippen LogP contribution >= 0.6 is 0 Å². The number of nitrogens with two attached hydrogens (primary N) is 1. The molecule has 0 radical (unpaired) electrons. The smallest absolute Gasteiger partial charge is 0.0358 e. The zero-order chi connectivity index (χ0) is 13.9. The van der Waals surface area contributed by atoms with E-state index in [0.29, 0.717) is 0 Å². The van der Waals surface area contributed by atoms with Crippen molar-refractivity contribution in [2.45, 2.75) is 64.5 Å². The maximum Gasteiger partial charge on any atom is 0.0358 e. The highest BCUT2D eigenvalue weighted by Gasteiger charge is 2.43. The Labute approximate surface area is 119 Å². The highest BCUT2D eigenvalue weighted by atomic mass is 15.3. The number of hydrogen-bond donors (Lipinski definition) is 1. The summed E-state index contributed by atoms with van der Waals surface area (Å²) in [4.78, 5) is 5.40. The maximum absolute atomic E-state index is 6.25. The van der Waals surface area contributed by atoms with Crippen molar-refractivity contribution in [2.24, 2.45) is 11.7 Å². The molecule has 0 aromatic rings. The van der Waals surface area contributed by atoms with Gasteiger partial charge in [0.25, 0.3) is 0 Å². The molecule has 0 aliphatic carbocycles. The number of nitrogens with zero attached hydrogens (tertiary/aromatic N) is 2. The van der Waals surface area contributed by atoms with E-state index in [1.807, 2.05) is 0 Å². The van der Waals surface area contributed by atoms with Crippen LogP contribution in [0.4, 0.5) is 0 Å². The Kier molecular flexibility index (Phi) is 5.27. The molecule has 2 N–H and O–H groups in total. The largest absolute Gasteiger partial charge is 0.329 e. The Balaban J connectivity index is 2.07. The first-order valence-electron chi connectivity index (χ1n) is 8.34. The van der Waals surface area contributed by atoms with Crippen molar-refractivity contribution in [3.05, 3.63) is 0 Å². The van der Waals surface area contributed by atoms with Crippen LogP contribution in [0.25, 0.3) is 0 Å². The SMILES string of the molecule is CCC(C)CN(CC)C1(CN)CCN2CCCC2C1. The highest BCUT2D eigenvalue weighted by molar-refractivity contribution is 5.01. The average molecular weight is 267 g/mol. The van der Waals surface area contributed by atoms with E-state index in [0.717, 1.165) is 25.0 Å². The van der Waals surface area contributed by atoms with Crippen molar-refractivity contribution in [3.63, 3.8) is 0 Å². The van der Waals surface area contributed by atoms with Gasteiger partial charge in [-0.15, -0.1) is 0 Å². The normalized spacial score (nSPS) is 33.6. The van der Waals surface area contributed by atoms with Crippen LogP contribution in [0.15, 0.2) is 0 Å². The zero-order valence-corrected chi connectivity index (χ0v) is 13.2. The average Bonchev–Trinajstić information content (AvgIpc) is 2.91. The Bertz CT molecular complexity index is 281. The summed E-state index contributed by atoms with van der Waals surface area (Å²) in [7, 11) is 0. The lowest BCUT2D eigenvalue weighted by molar-refractivity contribution is 0.00529. The quantitative estimate of drug-likeness (QED) is 0.801. The van der Waals surface area contributed by atoms with E-state index in [1.54, 1.807) is 0 Å². The predicted octanol–water partition coefficient (Wildman–Crippen LogP) is 2.31. The van der Waals surface area contributed by atoms with Gasteiger partial charge in [0.15, 0.2) is 0 Å². The number of hydrogen-bond acceptors (Lipinski definition) is 3. The molecule has 2 saturated heterocycles. The van der Waals surface area contributed by atoms with Gasteiger partial charge in [-0.25, -0.2) is 0 Å². The minimum atomic E-state index is 0.281. The monoisotopic (exact) mass is 267 g/mol. The molecule has 3 nitrogen and oxygen atoms in total. The van der Waals surface area contributed by atoms with Crippen molar-refractivity contribution in [2.75, 3.05) is 32.7 Å². The van der Waals surface area contributed by atoms with Gasteiger partial charge in [0, 0.05) is 31.2 Å². The molecular formula is C16H33N3. The van der Waals surface area contributed by atoms with Crippen LogP contribution in [0.2, 0.25) is 0 Å². The van der Waals surface area contributed by atoms with Gasteiger partial charge in [-0.2, -0.15) is 0 Å². The van der Waals surface area contributed by atoms with Gasteiger partial charge in [0.05, 0.1) is 0 Å². The predicted molar refractivity (Wildman–Crippen MR) is 82.3 cm³/mol. The zero-order valence-electron chi connectivity index (χ0n) is 13.2. The third-order valence-corrected chi connectivity index (χ3v) is 5.64. The number of fused-ring (bicyclic) bond motifs is 1. The summed E-state index contributed by atoms with van der Waals surface area (Å²) >= 11 is 0. The van der Waals surface area contributed by atoms with E-state index in [9.17, 15) is 0 Å². The van der Waals surface area contributed by atoms with Gasteiger partial charge in [0.1, 0.15) is 0 Å². The topological polar surface area (TPSA) is 32.5 Å². The molecule has 0 saturated carbocycles. The molecule has 2 rings (SSSR count). The molecule has 19 heavy (non-hydrogen) atoms. The van der Waals surface area contributed by atoms with Crippen molar-refractivity contribution in [1.29, 1.82) is 0 Å². The first-order valence-corrected chi connectivity index (χ1v) is 8.34. The standard InChI is InChI=1S/C16H33N3/c1-4-14(3)12-19(5-2)16(13-17)8-10-18-9-6-7-15(18)11-16/h14-15H,4-13,17H2,1-3H3. The second-order valence-corrected chi connectivity index (χ2v) is 6.77. The molecule has 2 fully saturated rings. The minimum absolute atomic E-state index is 0.281. The van der Waals surface area contributed by atoms with Crippen molar-refractivity contribution in [1.82, 2.24) is 9.80 Å². The molecule has 2 aliphatic rings. The molecule has 2 heterocycles. The second kappa shape index (κ2) is 6.55. The third-order valence-electron chi connectivity index (χ3n) is 5.64. The van der Waals surface area contributed by atoms with Crippen LogP contribution in [0.5, 0.6) is 0 Å². The molecule has 3 atom stereocenters. The molecule has 0 aromatic carbocycles. The summed E-state index contributed by atoms with van der Waals surface area (Å²) in [5, 5.41) is 0.